The van der Waals surface area contributed by atoms with E-state index in [0.29, 0.717) is 5.57 Å². The summed E-state index contributed by atoms with van der Waals surface area (Å²) >= 11 is 0. The lowest BCUT2D eigenvalue weighted by molar-refractivity contribution is -0.141. The van der Waals surface area contributed by atoms with Crippen LogP contribution < -0.4 is 5.32 Å². The highest BCUT2D eigenvalue weighted by Gasteiger charge is 2.30. The second kappa shape index (κ2) is 7.11. The zero-order valence-electron chi connectivity index (χ0n) is 11.9. The van der Waals surface area contributed by atoms with Crippen molar-refractivity contribution in [2.45, 2.75) is 32.0 Å². The molecular weight excluding hydrogens is 299 g/mol. The van der Waals surface area contributed by atoms with Crippen molar-refractivity contribution in [3.8, 4) is 0 Å². The maximum absolute atomic E-state index is 12.6. The highest BCUT2D eigenvalue weighted by Crippen LogP contribution is 2.29. The van der Waals surface area contributed by atoms with E-state index >= 15 is 0 Å². The molecule has 1 atom stereocenters. The Kier molecular flexibility index (Phi) is 5.73. The fraction of sp³-hybridized carbons (Fsp3) is 0.333. The van der Waals surface area contributed by atoms with Crippen LogP contribution in [-0.4, -0.2) is 23.0 Å². The Hall–Kier alpha value is -2.31. The molecule has 4 nitrogen and oxygen atoms in total. The number of carboxylic acid groups (broad SMARTS) is 1. The maximum Gasteiger partial charge on any atom is 0.416 e. The highest BCUT2D eigenvalue weighted by atomic mass is 19.4. The van der Waals surface area contributed by atoms with Crippen LogP contribution in [0.2, 0.25) is 0 Å². The normalized spacial score (nSPS) is 12.5. The zero-order chi connectivity index (χ0) is 16.9. The molecule has 0 unspecified atom stereocenters. The molecule has 0 saturated carbocycles. The average molecular weight is 315 g/mol. The molecule has 0 bridgehead atoms. The quantitative estimate of drug-likeness (QED) is 0.793. The van der Waals surface area contributed by atoms with Crippen molar-refractivity contribution < 1.29 is 27.9 Å². The molecule has 0 aromatic heterocycles. The third-order valence-electron chi connectivity index (χ3n) is 2.80. The second-order valence-corrected chi connectivity index (χ2v) is 4.99. The Labute approximate surface area is 125 Å². The van der Waals surface area contributed by atoms with Gasteiger partial charge in [0.1, 0.15) is 6.04 Å². The lowest BCUT2D eigenvalue weighted by atomic mass is 10.1. The fourth-order valence-corrected chi connectivity index (χ4v) is 1.84. The number of carbonyl (C=O) groups is 2. The van der Waals surface area contributed by atoms with Crippen LogP contribution in [0.15, 0.2) is 36.4 Å². The largest absolute Gasteiger partial charge is 0.480 e. The van der Waals surface area contributed by atoms with Crippen LogP contribution in [0.3, 0.4) is 0 Å². The summed E-state index contributed by atoms with van der Waals surface area (Å²) in [7, 11) is 0. The van der Waals surface area contributed by atoms with Gasteiger partial charge in [-0.1, -0.05) is 23.8 Å². The number of rotatable bonds is 6. The molecule has 1 rings (SSSR count). The fourth-order valence-electron chi connectivity index (χ4n) is 1.84. The number of amides is 1. The van der Waals surface area contributed by atoms with Gasteiger partial charge in [-0.25, -0.2) is 4.79 Å². The van der Waals surface area contributed by atoms with Crippen LogP contribution in [0.1, 0.15) is 24.5 Å². The van der Waals surface area contributed by atoms with E-state index in [0.717, 1.165) is 12.1 Å². The van der Waals surface area contributed by atoms with E-state index in [4.69, 9.17) is 5.11 Å². The van der Waals surface area contributed by atoms with Gasteiger partial charge in [0.2, 0.25) is 5.91 Å². The van der Waals surface area contributed by atoms with Gasteiger partial charge in [0.05, 0.1) is 12.0 Å². The van der Waals surface area contributed by atoms with Crippen LogP contribution in [0.5, 0.6) is 0 Å². The van der Waals surface area contributed by atoms with Gasteiger partial charge in [0.15, 0.2) is 0 Å². The number of alkyl halides is 3. The molecule has 0 spiro atoms. The minimum Gasteiger partial charge on any atom is -0.480 e. The first kappa shape index (κ1) is 17.7. The summed E-state index contributed by atoms with van der Waals surface area (Å²) in [5.74, 6) is -1.88. The van der Waals surface area contributed by atoms with Gasteiger partial charge >= 0.3 is 12.1 Å². The molecule has 7 heteroatoms. The van der Waals surface area contributed by atoms with E-state index in [1.165, 1.54) is 12.1 Å². The highest BCUT2D eigenvalue weighted by molar-refractivity contribution is 5.85. The predicted octanol–water partition coefficient (Wildman–Crippen LogP) is 2.78. The SMILES string of the molecule is C=C(C)C[C@@H](NC(=O)Cc1cccc(C(F)(F)F)c1)C(=O)O. The van der Waals surface area contributed by atoms with Gasteiger partial charge in [-0.15, -0.1) is 6.58 Å². The van der Waals surface area contributed by atoms with Crippen molar-refractivity contribution in [2.24, 2.45) is 0 Å². The minimum atomic E-state index is -4.49. The van der Waals surface area contributed by atoms with E-state index in [1.54, 1.807) is 6.92 Å². The van der Waals surface area contributed by atoms with Crippen molar-refractivity contribution >= 4 is 11.9 Å². The van der Waals surface area contributed by atoms with Crippen molar-refractivity contribution in [2.75, 3.05) is 0 Å². The number of hydrogen-bond donors (Lipinski definition) is 2. The first-order chi connectivity index (χ1) is 10.1. The summed E-state index contributed by atoms with van der Waals surface area (Å²) in [5.41, 5.74) is -0.118. The first-order valence-corrected chi connectivity index (χ1v) is 6.42. The lowest BCUT2D eigenvalue weighted by Crippen LogP contribution is -2.41. The monoisotopic (exact) mass is 315 g/mol. The molecule has 0 aliphatic carbocycles. The molecule has 0 aliphatic heterocycles. The molecule has 0 fully saturated rings. The predicted molar refractivity (Wildman–Crippen MR) is 74.1 cm³/mol. The van der Waals surface area contributed by atoms with Crippen molar-refractivity contribution in [1.82, 2.24) is 5.32 Å². The molecule has 1 aromatic rings. The second-order valence-electron chi connectivity index (χ2n) is 4.99. The standard InChI is InChI=1S/C15H16F3NO3/c1-9(2)6-12(14(21)22)19-13(20)8-10-4-3-5-11(7-10)15(16,17)18/h3-5,7,12H,1,6,8H2,2H3,(H,19,20)(H,21,22)/t12-/m1/s1. The number of carbonyl (C=O) groups excluding carboxylic acids is 1. The van der Waals surface area contributed by atoms with Gasteiger partial charge in [-0.3, -0.25) is 4.79 Å². The van der Waals surface area contributed by atoms with Gasteiger partial charge in [0.25, 0.3) is 0 Å². The van der Waals surface area contributed by atoms with E-state index in [1.807, 2.05) is 0 Å². The number of aliphatic carboxylic acids is 1. The summed E-state index contributed by atoms with van der Waals surface area (Å²) < 4.78 is 37.7. The molecule has 0 radical (unpaired) electrons. The Morgan fingerprint density at radius 3 is 2.50 bits per heavy atom. The summed E-state index contributed by atoms with van der Waals surface area (Å²) in [6.07, 6.45) is -4.76. The molecule has 2 N–H and O–H groups in total. The third kappa shape index (κ3) is 5.59. The Bertz CT molecular complexity index is 582. The molecular formula is C15H16F3NO3. The lowest BCUT2D eigenvalue weighted by Gasteiger charge is -2.15. The van der Waals surface area contributed by atoms with Crippen LogP contribution in [-0.2, 0) is 22.2 Å². The molecule has 0 aliphatic rings. The maximum atomic E-state index is 12.6. The molecule has 0 saturated heterocycles. The van der Waals surface area contributed by atoms with E-state index in [-0.39, 0.29) is 18.4 Å². The minimum absolute atomic E-state index is 0.0592. The van der Waals surface area contributed by atoms with Gasteiger partial charge in [-0.05, 0) is 25.0 Å². The van der Waals surface area contributed by atoms with E-state index in [9.17, 15) is 22.8 Å². The summed E-state index contributed by atoms with van der Waals surface area (Å²) in [6.45, 7) is 5.19. The number of nitrogens with one attached hydrogen (secondary N) is 1. The van der Waals surface area contributed by atoms with Crippen molar-refractivity contribution in [3.63, 3.8) is 0 Å². The van der Waals surface area contributed by atoms with Crippen LogP contribution in [0, 0.1) is 0 Å². The Morgan fingerprint density at radius 1 is 1.36 bits per heavy atom. The number of carboxylic acids is 1. The van der Waals surface area contributed by atoms with E-state index in [2.05, 4.69) is 11.9 Å². The molecule has 1 aromatic carbocycles. The molecule has 22 heavy (non-hydrogen) atoms. The molecule has 0 heterocycles. The Morgan fingerprint density at radius 2 is 2.00 bits per heavy atom. The third-order valence-corrected chi connectivity index (χ3v) is 2.80. The molecule has 120 valence electrons. The average Bonchev–Trinajstić information content (AvgIpc) is 2.36. The summed E-state index contributed by atoms with van der Waals surface area (Å²) in [6, 6.07) is 3.21. The zero-order valence-corrected chi connectivity index (χ0v) is 11.9. The van der Waals surface area contributed by atoms with Crippen molar-refractivity contribution in [3.05, 3.63) is 47.5 Å². The summed E-state index contributed by atoms with van der Waals surface area (Å²) in [5, 5.41) is 11.3. The van der Waals surface area contributed by atoms with Crippen LogP contribution >= 0.6 is 0 Å². The van der Waals surface area contributed by atoms with Crippen LogP contribution in [0.4, 0.5) is 13.2 Å². The van der Waals surface area contributed by atoms with Gasteiger partial charge in [-0.2, -0.15) is 13.2 Å². The van der Waals surface area contributed by atoms with E-state index < -0.39 is 29.7 Å². The number of benzene rings is 1. The smallest absolute Gasteiger partial charge is 0.416 e. The summed E-state index contributed by atoms with van der Waals surface area (Å²) in [4.78, 5) is 22.8. The number of halogens is 3. The van der Waals surface area contributed by atoms with Gasteiger partial charge < -0.3 is 10.4 Å². The Balaban J connectivity index is 2.76. The topological polar surface area (TPSA) is 66.4 Å². The molecule has 1 amide bonds. The van der Waals surface area contributed by atoms with Crippen molar-refractivity contribution in [1.29, 1.82) is 0 Å². The van der Waals surface area contributed by atoms with Crippen LogP contribution in [0.25, 0.3) is 0 Å². The van der Waals surface area contributed by atoms with Gasteiger partial charge in [0, 0.05) is 0 Å². The number of hydrogen-bond acceptors (Lipinski definition) is 2. The first-order valence-electron chi connectivity index (χ1n) is 6.42.